The maximum atomic E-state index is 12.0. The highest BCUT2D eigenvalue weighted by Crippen LogP contribution is 2.30. The lowest BCUT2D eigenvalue weighted by Gasteiger charge is -2.11. The third kappa shape index (κ3) is 3.66. The van der Waals surface area contributed by atoms with Gasteiger partial charge in [0.05, 0.1) is 0 Å². The van der Waals surface area contributed by atoms with E-state index in [4.69, 9.17) is 5.73 Å². The van der Waals surface area contributed by atoms with Gasteiger partial charge in [-0.25, -0.2) is 0 Å². The predicted octanol–water partition coefficient (Wildman–Crippen LogP) is 3.48. The maximum Gasteiger partial charge on any atom is 0.441 e. The fourth-order valence-corrected chi connectivity index (χ4v) is 2.15. The topological polar surface area (TPSA) is 50.9 Å². The Morgan fingerprint density at radius 1 is 1.21 bits per heavy atom. The highest BCUT2D eigenvalue weighted by Gasteiger charge is 2.27. The number of rotatable bonds is 4. The second-order valence-corrected chi connectivity index (χ2v) is 5.00. The minimum atomic E-state index is -4.19. The number of halogens is 3. The van der Waals surface area contributed by atoms with Gasteiger partial charge in [0.25, 0.3) is 0 Å². The molecule has 7 heteroatoms. The largest absolute Gasteiger partial charge is 0.441 e. The summed E-state index contributed by atoms with van der Waals surface area (Å²) in [6.07, 6.45) is 3.26. The van der Waals surface area contributed by atoms with Crippen LogP contribution in [0.4, 0.5) is 24.5 Å². The van der Waals surface area contributed by atoms with Crippen molar-refractivity contribution in [2.75, 3.05) is 23.3 Å². The quantitative estimate of drug-likeness (QED) is 0.667. The monoisotopic (exact) mass is 287 g/mol. The smallest absolute Gasteiger partial charge is 0.398 e. The summed E-state index contributed by atoms with van der Waals surface area (Å²) in [6.45, 7) is 0.228. The van der Waals surface area contributed by atoms with E-state index in [2.05, 4.69) is 10.3 Å². The number of fused-ring (bicyclic) bond motifs is 1. The number of thioether (sulfide) groups is 1. The zero-order chi connectivity index (χ0) is 13.9. The molecule has 3 N–H and O–H groups in total. The first-order valence-electron chi connectivity index (χ1n) is 5.54. The van der Waals surface area contributed by atoms with Crippen molar-refractivity contribution in [1.29, 1.82) is 0 Å². The summed E-state index contributed by atoms with van der Waals surface area (Å²) < 4.78 is 36.0. The minimum Gasteiger partial charge on any atom is -0.398 e. The Labute approximate surface area is 112 Å². The third-order valence-corrected chi connectivity index (χ3v) is 3.27. The van der Waals surface area contributed by atoms with Crippen LogP contribution in [-0.4, -0.2) is 22.8 Å². The highest BCUT2D eigenvalue weighted by atomic mass is 32.2. The van der Waals surface area contributed by atoms with Gasteiger partial charge in [-0.1, -0.05) is 0 Å². The molecule has 2 rings (SSSR count). The van der Waals surface area contributed by atoms with E-state index >= 15 is 0 Å². The van der Waals surface area contributed by atoms with Crippen LogP contribution in [0.25, 0.3) is 10.8 Å². The molecule has 19 heavy (non-hydrogen) atoms. The van der Waals surface area contributed by atoms with Gasteiger partial charge in [-0.3, -0.25) is 4.98 Å². The Hall–Kier alpha value is -1.63. The summed E-state index contributed by atoms with van der Waals surface area (Å²) in [5, 5.41) is 4.62. The zero-order valence-electron chi connectivity index (χ0n) is 9.87. The standard InChI is InChI=1S/C12H12F3N3S/c13-12(14,15)19-6-5-18-11-2-1-10(16)9-7-17-4-3-8(9)11/h1-4,7,18H,5-6,16H2. The average Bonchev–Trinajstić information content (AvgIpc) is 2.36. The highest BCUT2D eigenvalue weighted by molar-refractivity contribution is 8.00. The number of aromatic nitrogens is 1. The van der Waals surface area contributed by atoms with Crippen molar-refractivity contribution in [3.63, 3.8) is 0 Å². The van der Waals surface area contributed by atoms with E-state index in [-0.39, 0.29) is 24.1 Å². The Morgan fingerprint density at radius 2 is 2.00 bits per heavy atom. The number of nitrogens with one attached hydrogen (secondary N) is 1. The van der Waals surface area contributed by atoms with Crippen molar-refractivity contribution in [3.05, 3.63) is 30.6 Å². The number of nitrogen functional groups attached to an aromatic ring is 1. The normalized spacial score (nSPS) is 11.7. The number of anilines is 2. The van der Waals surface area contributed by atoms with Crippen LogP contribution in [0.5, 0.6) is 0 Å². The van der Waals surface area contributed by atoms with Gasteiger partial charge in [0.1, 0.15) is 0 Å². The van der Waals surface area contributed by atoms with Gasteiger partial charge in [0, 0.05) is 46.8 Å². The van der Waals surface area contributed by atoms with E-state index in [1.165, 1.54) is 0 Å². The maximum absolute atomic E-state index is 12.0. The van der Waals surface area contributed by atoms with Crippen LogP contribution in [-0.2, 0) is 0 Å². The molecule has 0 bridgehead atoms. The van der Waals surface area contributed by atoms with Gasteiger partial charge in [-0.2, -0.15) is 13.2 Å². The SMILES string of the molecule is Nc1ccc(NCCSC(F)(F)F)c2ccncc12. The number of pyridine rings is 1. The van der Waals surface area contributed by atoms with Crippen LogP contribution >= 0.6 is 11.8 Å². The first-order chi connectivity index (χ1) is 8.97. The Morgan fingerprint density at radius 3 is 2.74 bits per heavy atom. The molecular formula is C12H12F3N3S. The molecule has 0 amide bonds. The number of hydrogen-bond donors (Lipinski definition) is 2. The van der Waals surface area contributed by atoms with Crippen LogP contribution in [0.15, 0.2) is 30.6 Å². The summed E-state index contributed by atoms with van der Waals surface area (Å²) >= 11 is -0.0382. The van der Waals surface area contributed by atoms with Gasteiger partial charge in [-0.15, -0.1) is 0 Å². The van der Waals surface area contributed by atoms with Crippen LogP contribution in [0.1, 0.15) is 0 Å². The van der Waals surface area contributed by atoms with Crippen molar-refractivity contribution in [1.82, 2.24) is 4.98 Å². The molecule has 1 aromatic carbocycles. The molecule has 0 aliphatic carbocycles. The molecule has 0 fully saturated rings. The van der Waals surface area contributed by atoms with Gasteiger partial charge < -0.3 is 11.1 Å². The van der Waals surface area contributed by atoms with Crippen molar-refractivity contribution < 1.29 is 13.2 Å². The molecule has 1 heterocycles. The number of hydrogen-bond acceptors (Lipinski definition) is 4. The van der Waals surface area contributed by atoms with Gasteiger partial charge >= 0.3 is 5.51 Å². The van der Waals surface area contributed by atoms with E-state index < -0.39 is 5.51 Å². The van der Waals surface area contributed by atoms with Crippen molar-refractivity contribution >= 4 is 33.9 Å². The molecule has 0 unspecified atom stereocenters. The Kier molecular flexibility index (Phi) is 4.04. The molecule has 0 radical (unpaired) electrons. The van der Waals surface area contributed by atoms with Crippen molar-refractivity contribution in [3.8, 4) is 0 Å². The lowest BCUT2D eigenvalue weighted by atomic mass is 10.1. The Balaban J connectivity index is 2.07. The molecule has 0 saturated carbocycles. The molecule has 2 aromatic rings. The van der Waals surface area contributed by atoms with Crippen molar-refractivity contribution in [2.45, 2.75) is 5.51 Å². The third-order valence-electron chi connectivity index (χ3n) is 2.54. The van der Waals surface area contributed by atoms with Gasteiger partial charge in [-0.05, 0) is 30.0 Å². The predicted molar refractivity (Wildman–Crippen MR) is 73.2 cm³/mol. The molecule has 1 aromatic heterocycles. The fraction of sp³-hybridized carbons (Fsp3) is 0.250. The van der Waals surface area contributed by atoms with Crippen molar-refractivity contribution in [2.24, 2.45) is 0 Å². The molecule has 0 aliphatic heterocycles. The minimum absolute atomic E-state index is 0.0382. The van der Waals surface area contributed by atoms with Crippen LogP contribution in [0, 0.1) is 0 Å². The molecule has 3 nitrogen and oxygen atoms in total. The lowest BCUT2D eigenvalue weighted by molar-refractivity contribution is -0.0327. The van der Waals surface area contributed by atoms with Gasteiger partial charge in [0.15, 0.2) is 0 Å². The molecular weight excluding hydrogens is 275 g/mol. The van der Waals surface area contributed by atoms with Crippen LogP contribution in [0.3, 0.4) is 0 Å². The number of alkyl halides is 3. The summed E-state index contributed by atoms with van der Waals surface area (Å²) in [7, 11) is 0. The van der Waals surface area contributed by atoms with E-state index in [1.54, 1.807) is 30.6 Å². The number of benzene rings is 1. The first kappa shape index (κ1) is 13.8. The molecule has 102 valence electrons. The second-order valence-electron chi connectivity index (χ2n) is 3.84. The number of nitrogens with two attached hydrogens (primary N) is 1. The Bertz CT molecular complexity index is 572. The molecule has 0 saturated heterocycles. The second kappa shape index (κ2) is 5.56. The average molecular weight is 287 g/mol. The van der Waals surface area contributed by atoms with E-state index in [0.717, 1.165) is 16.5 Å². The summed E-state index contributed by atoms with van der Waals surface area (Å²) in [5.41, 5.74) is 2.98. The van der Waals surface area contributed by atoms with E-state index in [0.29, 0.717) is 5.69 Å². The fourth-order valence-electron chi connectivity index (χ4n) is 1.72. The zero-order valence-corrected chi connectivity index (χ0v) is 10.7. The number of nitrogens with zero attached hydrogens (tertiary/aromatic N) is 1. The van der Waals surface area contributed by atoms with Crippen LogP contribution in [0.2, 0.25) is 0 Å². The molecule has 0 spiro atoms. The van der Waals surface area contributed by atoms with E-state index in [9.17, 15) is 13.2 Å². The van der Waals surface area contributed by atoms with E-state index in [1.807, 2.05) is 0 Å². The van der Waals surface area contributed by atoms with Crippen LogP contribution < -0.4 is 11.1 Å². The van der Waals surface area contributed by atoms with Gasteiger partial charge in [0.2, 0.25) is 0 Å². The summed E-state index contributed by atoms with van der Waals surface area (Å²) in [6, 6.07) is 5.25. The first-order valence-corrected chi connectivity index (χ1v) is 6.53. The molecule has 0 atom stereocenters. The lowest BCUT2D eigenvalue weighted by Crippen LogP contribution is -2.09. The summed E-state index contributed by atoms with van der Waals surface area (Å²) in [5.74, 6) is -0.0412. The molecule has 0 aliphatic rings. The summed E-state index contributed by atoms with van der Waals surface area (Å²) in [4.78, 5) is 3.98.